The Bertz CT molecular complexity index is 867. The number of benzene rings is 2. The van der Waals surface area contributed by atoms with E-state index in [4.69, 9.17) is 4.42 Å². The standard InChI is InChI=1S/C21H23NO3/c1-15-10-19-18(14-25-20(19)11-16(15)2)12-21(24)22(8-9-23)13-17-6-4-3-5-7-17/h3-7,10-11,14,23H,8-9,12-13H2,1-2H3. The van der Waals surface area contributed by atoms with E-state index < -0.39 is 0 Å². The van der Waals surface area contributed by atoms with Crippen LogP contribution in [0.1, 0.15) is 22.3 Å². The zero-order valence-corrected chi connectivity index (χ0v) is 14.7. The smallest absolute Gasteiger partial charge is 0.227 e. The number of hydrogen-bond donors (Lipinski definition) is 1. The minimum absolute atomic E-state index is 0.0150. The van der Waals surface area contributed by atoms with Crippen molar-refractivity contribution in [3.8, 4) is 0 Å². The number of carbonyl (C=O) groups is 1. The lowest BCUT2D eigenvalue weighted by molar-refractivity contribution is -0.131. The first-order chi connectivity index (χ1) is 12.1. The van der Waals surface area contributed by atoms with Crippen LogP contribution in [0.15, 0.2) is 53.1 Å². The molecule has 0 radical (unpaired) electrons. The summed E-state index contributed by atoms with van der Waals surface area (Å²) in [6, 6.07) is 13.9. The van der Waals surface area contributed by atoms with Crippen LogP contribution >= 0.6 is 0 Å². The van der Waals surface area contributed by atoms with Gasteiger partial charge in [-0.05, 0) is 42.7 Å². The van der Waals surface area contributed by atoms with Crippen molar-refractivity contribution in [1.82, 2.24) is 4.90 Å². The zero-order valence-electron chi connectivity index (χ0n) is 14.7. The highest BCUT2D eigenvalue weighted by Crippen LogP contribution is 2.25. The third-order valence-corrected chi connectivity index (χ3v) is 4.55. The van der Waals surface area contributed by atoms with Crippen LogP contribution in [0.25, 0.3) is 11.0 Å². The molecule has 1 amide bonds. The Labute approximate surface area is 147 Å². The molecule has 2 aromatic carbocycles. The van der Waals surface area contributed by atoms with Crippen LogP contribution in [-0.2, 0) is 17.8 Å². The van der Waals surface area contributed by atoms with Gasteiger partial charge < -0.3 is 14.4 Å². The third-order valence-electron chi connectivity index (χ3n) is 4.55. The van der Waals surface area contributed by atoms with Crippen molar-refractivity contribution >= 4 is 16.9 Å². The van der Waals surface area contributed by atoms with Gasteiger partial charge in [-0.1, -0.05) is 30.3 Å². The van der Waals surface area contributed by atoms with Crippen LogP contribution < -0.4 is 0 Å². The Morgan fingerprint density at radius 2 is 1.84 bits per heavy atom. The lowest BCUT2D eigenvalue weighted by Gasteiger charge is -2.21. The molecule has 1 aromatic heterocycles. The normalized spacial score (nSPS) is 11.0. The summed E-state index contributed by atoms with van der Waals surface area (Å²) in [6.07, 6.45) is 1.93. The van der Waals surface area contributed by atoms with E-state index in [1.807, 2.05) is 43.3 Å². The molecule has 25 heavy (non-hydrogen) atoms. The molecule has 1 heterocycles. The molecule has 3 aromatic rings. The van der Waals surface area contributed by atoms with E-state index in [9.17, 15) is 9.90 Å². The Morgan fingerprint density at radius 1 is 1.12 bits per heavy atom. The Kier molecular flexibility index (Phi) is 5.19. The second-order valence-corrected chi connectivity index (χ2v) is 6.39. The van der Waals surface area contributed by atoms with Crippen molar-refractivity contribution in [2.45, 2.75) is 26.8 Å². The van der Waals surface area contributed by atoms with Crippen LogP contribution in [0.3, 0.4) is 0 Å². The maximum atomic E-state index is 12.8. The van der Waals surface area contributed by atoms with Gasteiger partial charge in [0.05, 0.1) is 19.3 Å². The number of nitrogens with zero attached hydrogens (tertiary/aromatic N) is 1. The number of furan rings is 1. The monoisotopic (exact) mass is 337 g/mol. The molecule has 0 unspecified atom stereocenters. The van der Waals surface area contributed by atoms with Crippen LogP contribution in [0.4, 0.5) is 0 Å². The fourth-order valence-electron chi connectivity index (χ4n) is 2.96. The average molecular weight is 337 g/mol. The van der Waals surface area contributed by atoms with Gasteiger partial charge in [-0.25, -0.2) is 0 Å². The van der Waals surface area contributed by atoms with E-state index in [-0.39, 0.29) is 18.9 Å². The molecule has 0 saturated carbocycles. The van der Waals surface area contributed by atoms with Crippen molar-refractivity contribution in [2.24, 2.45) is 0 Å². The molecule has 0 spiro atoms. The van der Waals surface area contributed by atoms with Crippen molar-refractivity contribution in [2.75, 3.05) is 13.2 Å². The molecule has 4 nitrogen and oxygen atoms in total. The van der Waals surface area contributed by atoms with Crippen LogP contribution in [0.2, 0.25) is 0 Å². The fourth-order valence-corrected chi connectivity index (χ4v) is 2.96. The van der Waals surface area contributed by atoms with Crippen molar-refractivity contribution in [3.05, 3.63) is 71.0 Å². The lowest BCUT2D eigenvalue weighted by atomic mass is 10.0. The van der Waals surface area contributed by atoms with E-state index in [0.29, 0.717) is 13.1 Å². The van der Waals surface area contributed by atoms with Gasteiger partial charge in [-0.3, -0.25) is 4.79 Å². The molecule has 0 bridgehead atoms. The second-order valence-electron chi connectivity index (χ2n) is 6.39. The summed E-state index contributed by atoms with van der Waals surface area (Å²) in [5.74, 6) is -0.0150. The van der Waals surface area contributed by atoms with Crippen LogP contribution in [0.5, 0.6) is 0 Å². The van der Waals surface area contributed by atoms with E-state index >= 15 is 0 Å². The largest absolute Gasteiger partial charge is 0.464 e. The number of rotatable bonds is 6. The zero-order chi connectivity index (χ0) is 17.8. The van der Waals surface area contributed by atoms with Crippen molar-refractivity contribution < 1.29 is 14.3 Å². The molecule has 4 heteroatoms. The molecule has 1 N–H and O–H groups in total. The predicted octanol–water partition coefficient (Wildman–Crippen LogP) is 3.61. The minimum Gasteiger partial charge on any atom is -0.464 e. The number of amides is 1. The lowest BCUT2D eigenvalue weighted by Crippen LogP contribution is -2.34. The Morgan fingerprint density at radius 3 is 2.56 bits per heavy atom. The molecule has 0 aliphatic rings. The first-order valence-electron chi connectivity index (χ1n) is 8.48. The van der Waals surface area contributed by atoms with Gasteiger partial charge >= 0.3 is 0 Å². The highest BCUT2D eigenvalue weighted by atomic mass is 16.3. The highest BCUT2D eigenvalue weighted by Gasteiger charge is 2.17. The summed E-state index contributed by atoms with van der Waals surface area (Å²) in [6.45, 7) is 4.87. The summed E-state index contributed by atoms with van der Waals surface area (Å²) in [5.41, 5.74) is 5.10. The summed E-state index contributed by atoms with van der Waals surface area (Å²) < 4.78 is 5.62. The summed E-state index contributed by atoms with van der Waals surface area (Å²) in [7, 11) is 0. The summed E-state index contributed by atoms with van der Waals surface area (Å²) >= 11 is 0. The first-order valence-corrected chi connectivity index (χ1v) is 8.48. The minimum atomic E-state index is -0.0526. The molecule has 0 aliphatic heterocycles. The molecule has 0 aliphatic carbocycles. The molecule has 0 saturated heterocycles. The van der Waals surface area contributed by atoms with E-state index in [0.717, 1.165) is 22.1 Å². The highest BCUT2D eigenvalue weighted by molar-refractivity contribution is 5.88. The number of carbonyl (C=O) groups excluding carboxylic acids is 1. The van der Waals surface area contributed by atoms with E-state index in [2.05, 4.69) is 13.0 Å². The van der Waals surface area contributed by atoms with Gasteiger partial charge in [0.25, 0.3) is 0 Å². The predicted molar refractivity (Wildman–Crippen MR) is 98.3 cm³/mol. The molecule has 3 rings (SSSR count). The molecule has 0 atom stereocenters. The number of aliphatic hydroxyl groups is 1. The molecule has 130 valence electrons. The fraction of sp³-hybridized carbons (Fsp3) is 0.286. The average Bonchev–Trinajstić information content (AvgIpc) is 2.97. The topological polar surface area (TPSA) is 53.7 Å². The number of aryl methyl sites for hydroxylation is 2. The van der Waals surface area contributed by atoms with E-state index in [1.54, 1.807) is 11.2 Å². The quantitative estimate of drug-likeness (QED) is 0.747. The number of hydrogen-bond acceptors (Lipinski definition) is 3. The number of fused-ring (bicyclic) bond motifs is 1. The molecular weight excluding hydrogens is 314 g/mol. The Hall–Kier alpha value is -2.59. The SMILES string of the molecule is Cc1cc2occ(CC(=O)N(CCO)Cc3ccccc3)c2cc1C. The van der Waals surface area contributed by atoms with Crippen LogP contribution in [0, 0.1) is 13.8 Å². The Balaban J connectivity index is 1.80. The summed E-state index contributed by atoms with van der Waals surface area (Å²) in [5, 5.41) is 10.3. The van der Waals surface area contributed by atoms with Crippen molar-refractivity contribution in [3.63, 3.8) is 0 Å². The van der Waals surface area contributed by atoms with Gasteiger partial charge in [0, 0.05) is 24.0 Å². The van der Waals surface area contributed by atoms with Gasteiger partial charge in [0.2, 0.25) is 5.91 Å². The van der Waals surface area contributed by atoms with Gasteiger partial charge in [-0.15, -0.1) is 0 Å². The number of aliphatic hydroxyl groups excluding tert-OH is 1. The second kappa shape index (κ2) is 7.53. The van der Waals surface area contributed by atoms with Crippen LogP contribution in [-0.4, -0.2) is 29.1 Å². The maximum absolute atomic E-state index is 12.8. The van der Waals surface area contributed by atoms with Gasteiger partial charge in [0.1, 0.15) is 5.58 Å². The van der Waals surface area contributed by atoms with Crippen molar-refractivity contribution in [1.29, 1.82) is 0 Å². The maximum Gasteiger partial charge on any atom is 0.227 e. The summed E-state index contributed by atoms with van der Waals surface area (Å²) in [4.78, 5) is 14.5. The van der Waals surface area contributed by atoms with E-state index in [1.165, 1.54) is 11.1 Å². The first kappa shape index (κ1) is 17.2. The van der Waals surface area contributed by atoms with Gasteiger partial charge in [-0.2, -0.15) is 0 Å². The third kappa shape index (κ3) is 3.91. The molecule has 0 fully saturated rings. The van der Waals surface area contributed by atoms with Gasteiger partial charge in [0.15, 0.2) is 0 Å². The molecular formula is C21H23NO3.